The summed E-state index contributed by atoms with van der Waals surface area (Å²) in [6, 6.07) is 3.64. The Hall–Kier alpha value is -1.58. The van der Waals surface area contributed by atoms with Crippen LogP contribution >= 0.6 is 0 Å². The van der Waals surface area contributed by atoms with E-state index < -0.39 is 0 Å². The van der Waals surface area contributed by atoms with Gasteiger partial charge in [0.15, 0.2) is 0 Å². The number of nitrogens with zero attached hydrogens (tertiary/aromatic N) is 1. The van der Waals surface area contributed by atoms with E-state index in [-0.39, 0.29) is 5.91 Å². The van der Waals surface area contributed by atoms with Crippen LogP contribution in [0.2, 0.25) is 0 Å². The third kappa shape index (κ3) is 4.02. The summed E-state index contributed by atoms with van der Waals surface area (Å²) < 4.78 is 0. The fraction of sp³-hybridized carbons (Fsp3) is 0.571. The van der Waals surface area contributed by atoms with Crippen molar-refractivity contribution < 1.29 is 4.79 Å². The molecule has 0 fully saturated rings. The Labute approximate surface area is 109 Å². The highest BCUT2D eigenvalue weighted by Gasteiger charge is 2.11. The van der Waals surface area contributed by atoms with Gasteiger partial charge in [-0.15, -0.1) is 0 Å². The lowest BCUT2D eigenvalue weighted by molar-refractivity contribution is 0.0949. The van der Waals surface area contributed by atoms with E-state index in [2.05, 4.69) is 43.3 Å². The fourth-order valence-electron chi connectivity index (χ4n) is 1.51. The summed E-state index contributed by atoms with van der Waals surface area (Å²) in [5, 5.41) is 5.91. The molecule has 0 bridgehead atoms. The fourth-order valence-corrected chi connectivity index (χ4v) is 1.51. The number of aromatic nitrogens is 1. The topological polar surface area (TPSA) is 54.0 Å². The number of hydrogen-bond acceptors (Lipinski definition) is 3. The predicted octanol–water partition coefficient (Wildman–Crippen LogP) is 2.63. The van der Waals surface area contributed by atoms with Gasteiger partial charge in [-0.05, 0) is 24.0 Å². The van der Waals surface area contributed by atoms with Gasteiger partial charge < -0.3 is 10.6 Å². The summed E-state index contributed by atoms with van der Waals surface area (Å²) in [6.07, 6.45) is 0. The molecule has 1 aromatic heterocycles. The molecule has 0 radical (unpaired) electrons. The van der Waals surface area contributed by atoms with Crippen LogP contribution in [0.15, 0.2) is 12.1 Å². The molecule has 0 atom stereocenters. The van der Waals surface area contributed by atoms with Crippen molar-refractivity contribution >= 4 is 11.7 Å². The van der Waals surface area contributed by atoms with E-state index in [9.17, 15) is 4.79 Å². The molecule has 2 N–H and O–H groups in total. The first-order valence-electron chi connectivity index (χ1n) is 6.42. The second kappa shape index (κ2) is 6.38. The lowest BCUT2D eigenvalue weighted by Gasteiger charge is -2.12. The number of nitrogens with one attached hydrogen (secondary N) is 2. The number of rotatable bonds is 5. The number of amides is 1. The summed E-state index contributed by atoms with van der Waals surface area (Å²) in [7, 11) is 1.81. The number of carbonyl (C=O) groups excluding carboxylic acids is 1. The van der Waals surface area contributed by atoms with Crippen molar-refractivity contribution in [2.75, 3.05) is 18.9 Å². The molecule has 0 spiro atoms. The first kappa shape index (κ1) is 14.5. The number of hydrogen-bond donors (Lipinski definition) is 2. The molecule has 4 heteroatoms. The average Bonchev–Trinajstić information content (AvgIpc) is 2.35. The maximum Gasteiger partial charge on any atom is 0.251 e. The molecule has 0 aliphatic rings. The van der Waals surface area contributed by atoms with E-state index in [1.165, 1.54) is 0 Å². The zero-order chi connectivity index (χ0) is 13.7. The van der Waals surface area contributed by atoms with Gasteiger partial charge in [-0.3, -0.25) is 4.79 Å². The number of carbonyl (C=O) groups is 1. The zero-order valence-corrected chi connectivity index (χ0v) is 11.9. The molecule has 0 saturated heterocycles. The van der Waals surface area contributed by atoms with Crippen LogP contribution in [0, 0.1) is 5.92 Å². The second-order valence-electron chi connectivity index (χ2n) is 5.17. The number of anilines is 1. The minimum Gasteiger partial charge on any atom is -0.373 e. The average molecular weight is 249 g/mol. The highest BCUT2D eigenvalue weighted by molar-refractivity contribution is 5.95. The van der Waals surface area contributed by atoms with Gasteiger partial charge in [-0.25, -0.2) is 4.98 Å². The van der Waals surface area contributed by atoms with E-state index in [0.717, 1.165) is 11.5 Å². The Bertz CT molecular complexity index is 414. The minimum atomic E-state index is -0.0375. The van der Waals surface area contributed by atoms with Crippen LogP contribution in [0.1, 0.15) is 49.7 Å². The SMILES string of the molecule is CNc1cc(C(=O)NCC(C)C)cc(C(C)C)n1. The lowest BCUT2D eigenvalue weighted by atomic mass is 10.1. The summed E-state index contributed by atoms with van der Waals surface area (Å²) in [5.41, 5.74) is 1.59. The summed E-state index contributed by atoms with van der Waals surface area (Å²) in [5.74, 6) is 1.44. The minimum absolute atomic E-state index is 0.0375. The van der Waals surface area contributed by atoms with Crippen molar-refractivity contribution in [2.24, 2.45) is 5.92 Å². The molecule has 1 heterocycles. The van der Waals surface area contributed by atoms with Crippen molar-refractivity contribution in [3.63, 3.8) is 0 Å². The number of pyridine rings is 1. The van der Waals surface area contributed by atoms with Gasteiger partial charge in [0.2, 0.25) is 0 Å². The zero-order valence-electron chi connectivity index (χ0n) is 11.9. The van der Waals surface area contributed by atoms with Crippen LogP contribution in [0.3, 0.4) is 0 Å². The maximum absolute atomic E-state index is 12.0. The molecule has 18 heavy (non-hydrogen) atoms. The largest absolute Gasteiger partial charge is 0.373 e. The summed E-state index contributed by atoms with van der Waals surface area (Å²) >= 11 is 0. The van der Waals surface area contributed by atoms with E-state index in [4.69, 9.17) is 0 Å². The van der Waals surface area contributed by atoms with Crippen molar-refractivity contribution in [3.8, 4) is 0 Å². The van der Waals surface area contributed by atoms with E-state index >= 15 is 0 Å². The first-order valence-corrected chi connectivity index (χ1v) is 6.42. The van der Waals surface area contributed by atoms with Crippen LogP contribution < -0.4 is 10.6 Å². The Morgan fingerprint density at radius 3 is 2.44 bits per heavy atom. The third-order valence-corrected chi connectivity index (χ3v) is 2.63. The Balaban J connectivity index is 2.93. The lowest BCUT2D eigenvalue weighted by Crippen LogP contribution is -2.27. The highest BCUT2D eigenvalue weighted by atomic mass is 16.1. The van der Waals surface area contributed by atoms with Crippen LogP contribution in [-0.4, -0.2) is 24.5 Å². The van der Waals surface area contributed by atoms with Gasteiger partial charge in [-0.1, -0.05) is 27.7 Å². The van der Waals surface area contributed by atoms with Gasteiger partial charge in [0.1, 0.15) is 5.82 Å². The van der Waals surface area contributed by atoms with Gasteiger partial charge in [0.25, 0.3) is 5.91 Å². The van der Waals surface area contributed by atoms with E-state index in [0.29, 0.717) is 23.9 Å². The quantitative estimate of drug-likeness (QED) is 0.843. The molecule has 0 saturated carbocycles. The molecule has 1 rings (SSSR count). The first-order chi connectivity index (χ1) is 8.43. The Kier molecular flexibility index (Phi) is 5.13. The molecule has 0 aromatic carbocycles. The van der Waals surface area contributed by atoms with Crippen molar-refractivity contribution in [1.29, 1.82) is 0 Å². The van der Waals surface area contributed by atoms with Gasteiger partial charge in [0.05, 0.1) is 0 Å². The summed E-state index contributed by atoms with van der Waals surface area (Å²) in [6.45, 7) is 8.97. The molecule has 4 nitrogen and oxygen atoms in total. The van der Waals surface area contributed by atoms with Crippen molar-refractivity contribution in [1.82, 2.24) is 10.3 Å². The molecular formula is C14H23N3O. The molecule has 1 amide bonds. The van der Waals surface area contributed by atoms with Crippen LogP contribution in [-0.2, 0) is 0 Å². The summed E-state index contributed by atoms with van der Waals surface area (Å²) in [4.78, 5) is 16.5. The smallest absolute Gasteiger partial charge is 0.251 e. The predicted molar refractivity (Wildman–Crippen MR) is 75.0 cm³/mol. The molecule has 1 aromatic rings. The monoisotopic (exact) mass is 249 g/mol. The van der Waals surface area contributed by atoms with Gasteiger partial charge in [-0.2, -0.15) is 0 Å². The van der Waals surface area contributed by atoms with Crippen LogP contribution in [0.4, 0.5) is 5.82 Å². The Morgan fingerprint density at radius 2 is 1.94 bits per heavy atom. The van der Waals surface area contributed by atoms with Crippen molar-refractivity contribution in [2.45, 2.75) is 33.6 Å². The molecule has 0 aliphatic heterocycles. The van der Waals surface area contributed by atoms with Crippen LogP contribution in [0.25, 0.3) is 0 Å². The molecule has 100 valence electrons. The highest BCUT2D eigenvalue weighted by Crippen LogP contribution is 2.17. The maximum atomic E-state index is 12.0. The van der Waals surface area contributed by atoms with Gasteiger partial charge >= 0.3 is 0 Å². The molecule has 0 aliphatic carbocycles. The molecule has 0 unspecified atom stereocenters. The van der Waals surface area contributed by atoms with Gasteiger partial charge in [0, 0.05) is 24.8 Å². The van der Waals surface area contributed by atoms with E-state index in [1.807, 2.05) is 13.1 Å². The Morgan fingerprint density at radius 1 is 1.28 bits per heavy atom. The third-order valence-electron chi connectivity index (χ3n) is 2.63. The van der Waals surface area contributed by atoms with E-state index in [1.54, 1.807) is 6.07 Å². The molecular weight excluding hydrogens is 226 g/mol. The normalized spacial score (nSPS) is 10.8. The van der Waals surface area contributed by atoms with Crippen molar-refractivity contribution in [3.05, 3.63) is 23.4 Å². The second-order valence-corrected chi connectivity index (χ2v) is 5.17. The van der Waals surface area contributed by atoms with Crippen LogP contribution in [0.5, 0.6) is 0 Å². The standard InChI is InChI=1S/C14H23N3O/c1-9(2)8-16-14(18)11-6-12(10(3)4)17-13(7-11)15-5/h6-7,9-10H,8H2,1-5H3,(H,15,17)(H,16,18).